The Morgan fingerprint density at radius 3 is 2.50 bits per heavy atom. The molecule has 3 atom stereocenters. The fraction of sp³-hybridized carbons (Fsp3) is 1.00. The van der Waals surface area contributed by atoms with Crippen LogP contribution in [-0.2, 0) is 27.6 Å². The van der Waals surface area contributed by atoms with E-state index in [9.17, 15) is 21.6 Å². The van der Waals surface area contributed by atoms with Gasteiger partial charge in [0.2, 0.25) is 0 Å². The van der Waals surface area contributed by atoms with Crippen molar-refractivity contribution in [3.63, 3.8) is 0 Å². The summed E-state index contributed by atoms with van der Waals surface area (Å²) < 4.78 is 76.5. The Hall–Kier alpha value is 0.0600. The van der Waals surface area contributed by atoms with E-state index in [4.69, 9.17) is 9.47 Å². The zero-order chi connectivity index (χ0) is 14.0. The number of hydrogen-bond acceptors (Lipinski definition) is 6. The second-order valence-electron chi connectivity index (χ2n) is 3.41. The third-order valence-corrected chi connectivity index (χ3v) is 3.47. The van der Waals surface area contributed by atoms with Crippen molar-refractivity contribution >= 4 is 26.4 Å². The van der Waals surface area contributed by atoms with E-state index in [0.717, 1.165) is 0 Å². The zero-order valence-corrected chi connectivity index (χ0v) is 11.4. The highest BCUT2D eigenvalue weighted by Crippen LogP contribution is 2.31. The predicted molar refractivity (Wildman–Crippen MR) is 55.0 cm³/mol. The fourth-order valence-electron chi connectivity index (χ4n) is 1.39. The van der Waals surface area contributed by atoms with Gasteiger partial charge in [-0.2, -0.15) is 21.6 Å². The average molecular weight is 359 g/mol. The summed E-state index contributed by atoms with van der Waals surface area (Å²) in [5, 5.41) is 0. The fourth-order valence-corrected chi connectivity index (χ4v) is 2.29. The smallest absolute Gasteiger partial charge is 0.353 e. The van der Waals surface area contributed by atoms with Crippen molar-refractivity contribution in [3.8, 4) is 0 Å². The molecule has 1 saturated heterocycles. The van der Waals surface area contributed by atoms with Crippen LogP contribution in [0, 0.1) is 0 Å². The van der Waals surface area contributed by atoms with Crippen LogP contribution in [0.15, 0.2) is 0 Å². The van der Waals surface area contributed by atoms with E-state index in [1.54, 1.807) is 0 Å². The average Bonchev–Trinajstić information content (AvgIpc) is 2.58. The largest absolute Gasteiger partial charge is 0.523 e. The molecule has 1 aliphatic heterocycles. The minimum Gasteiger partial charge on any atom is -0.353 e. The quantitative estimate of drug-likeness (QED) is 0.545. The van der Waals surface area contributed by atoms with Crippen molar-refractivity contribution in [2.45, 2.75) is 30.4 Å². The molecule has 0 unspecified atom stereocenters. The van der Waals surface area contributed by atoms with E-state index in [1.165, 1.54) is 7.11 Å². The number of rotatable bonds is 5. The van der Waals surface area contributed by atoms with Gasteiger partial charge in [0.15, 0.2) is 6.29 Å². The van der Waals surface area contributed by atoms with Crippen LogP contribution >= 0.6 is 16.3 Å². The number of ether oxygens (including phenoxy) is 2. The Kier molecular flexibility index (Phi) is 5.38. The summed E-state index contributed by atoms with van der Waals surface area (Å²) in [5.74, 6) is 0. The first-order chi connectivity index (χ1) is 8.21. The molecule has 0 aliphatic carbocycles. The summed E-state index contributed by atoms with van der Waals surface area (Å²) in [6, 6.07) is 0. The summed E-state index contributed by atoms with van der Waals surface area (Å²) >= 11 is 2.65. The van der Waals surface area contributed by atoms with Crippen LogP contribution in [0.4, 0.5) is 13.2 Å². The summed E-state index contributed by atoms with van der Waals surface area (Å²) in [7, 11) is -4.51. The highest BCUT2D eigenvalue weighted by atomic mass is 79.9. The highest BCUT2D eigenvalue weighted by Gasteiger charge is 2.51. The van der Waals surface area contributed by atoms with Gasteiger partial charge >= 0.3 is 15.6 Å². The molecule has 0 bridgehead atoms. The monoisotopic (exact) mass is 358 g/mol. The second kappa shape index (κ2) is 6.01. The molecular formula is C7H10BrF3O6S. The van der Waals surface area contributed by atoms with Gasteiger partial charge in [0.1, 0.15) is 6.10 Å². The summed E-state index contributed by atoms with van der Waals surface area (Å²) in [5.41, 5.74) is -5.48. The van der Waals surface area contributed by atoms with Crippen molar-refractivity contribution in [1.82, 2.24) is 0 Å². The molecule has 11 heteroatoms. The molecule has 6 nitrogen and oxygen atoms in total. The molecule has 1 fully saturated rings. The lowest BCUT2D eigenvalue weighted by Gasteiger charge is -2.17. The Labute approximate surface area is 110 Å². The Balaban J connectivity index is 2.72. The van der Waals surface area contributed by atoms with E-state index < -0.39 is 34.1 Å². The molecule has 0 radical (unpaired) electrons. The number of halogens is 4. The van der Waals surface area contributed by atoms with Gasteiger partial charge in [-0.1, -0.05) is 0 Å². The van der Waals surface area contributed by atoms with Crippen LogP contribution in [0.5, 0.6) is 0 Å². The van der Waals surface area contributed by atoms with E-state index in [-0.39, 0.29) is 13.0 Å². The Morgan fingerprint density at radius 2 is 2.06 bits per heavy atom. The molecule has 1 rings (SSSR count). The van der Waals surface area contributed by atoms with Crippen molar-refractivity contribution in [3.05, 3.63) is 0 Å². The molecule has 1 aliphatic rings. The van der Waals surface area contributed by atoms with Crippen LogP contribution in [0.25, 0.3) is 0 Å². The van der Waals surface area contributed by atoms with E-state index >= 15 is 0 Å². The van der Waals surface area contributed by atoms with Crippen molar-refractivity contribution < 1.29 is 39.1 Å². The Morgan fingerprint density at radius 1 is 1.44 bits per heavy atom. The first kappa shape index (κ1) is 16.1. The summed E-state index contributed by atoms with van der Waals surface area (Å²) in [6.07, 6.45) is -3.29. The first-order valence-electron chi connectivity index (χ1n) is 4.62. The van der Waals surface area contributed by atoms with Gasteiger partial charge in [-0.3, -0.25) is 4.18 Å². The molecular weight excluding hydrogens is 349 g/mol. The lowest BCUT2D eigenvalue weighted by Crippen LogP contribution is -2.34. The molecule has 0 amide bonds. The molecule has 0 aromatic carbocycles. The normalized spacial score (nSPS) is 29.7. The first-order valence-corrected chi connectivity index (χ1v) is 6.68. The van der Waals surface area contributed by atoms with Gasteiger partial charge < -0.3 is 13.3 Å². The number of alkyl halides is 3. The van der Waals surface area contributed by atoms with Crippen LogP contribution in [-0.4, -0.2) is 46.1 Å². The standard InChI is InChI=1S/C7H10BrF3O6S/c1-14-6-5(2-4(16-6)3-15-8)17-18(12,13)7(9,10)11/h4-6H,2-3H2,1H3/t4-,5-,6+/m0/s1. The molecule has 1 heterocycles. The van der Waals surface area contributed by atoms with Gasteiger partial charge in [0, 0.05) is 13.5 Å². The molecule has 108 valence electrons. The summed E-state index contributed by atoms with van der Waals surface area (Å²) in [4.78, 5) is 0. The van der Waals surface area contributed by atoms with Crippen LogP contribution in [0.1, 0.15) is 6.42 Å². The van der Waals surface area contributed by atoms with Crippen LogP contribution in [0.3, 0.4) is 0 Å². The zero-order valence-electron chi connectivity index (χ0n) is 9.02. The van der Waals surface area contributed by atoms with E-state index in [2.05, 4.69) is 24.3 Å². The van der Waals surface area contributed by atoms with Crippen LogP contribution in [0.2, 0.25) is 0 Å². The molecule has 0 aromatic heterocycles. The number of hydrogen-bond donors (Lipinski definition) is 0. The van der Waals surface area contributed by atoms with E-state index in [1.807, 2.05) is 0 Å². The molecule has 0 aromatic rings. The minimum atomic E-state index is -5.68. The SMILES string of the molecule is CO[C@@H]1O[C@H](COBr)C[C@@H]1OS(=O)(=O)C(F)(F)F. The van der Waals surface area contributed by atoms with Crippen molar-refractivity contribution in [2.75, 3.05) is 13.7 Å². The molecule has 0 N–H and O–H groups in total. The van der Waals surface area contributed by atoms with Crippen LogP contribution < -0.4 is 0 Å². The van der Waals surface area contributed by atoms with Crippen molar-refractivity contribution in [2.24, 2.45) is 0 Å². The topological polar surface area (TPSA) is 71.1 Å². The lowest BCUT2D eigenvalue weighted by molar-refractivity contribution is -0.149. The van der Waals surface area contributed by atoms with E-state index in [0.29, 0.717) is 0 Å². The third-order valence-electron chi connectivity index (χ3n) is 2.14. The molecule has 18 heavy (non-hydrogen) atoms. The maximum absolute atomic E-state index is 12.1. The predicted octanol–water partition coefficient (Wildman–Crippen LogP) is 1.31. The maximum Gasteiger partial charge on any atom is 0.523 e. The Bertz CT molecular complexity index is 372. The maximum atomic E-state index is 12.1. The molecule has 0 spiro atoms. The molecule has 0 saturated carbocycles. The lowest BCUT2D eigenvalue weighted by atomic mass is 10.2. The van der Waals surface area contributed by atoms with Gasteiger partial charge in [-0.15, -0.1) is 0 Å². The minimum absolute atomic E-state index is 0.0196. The van der Waals surface area contributed by atoms with Gasteiger partial charge in [-0.05, 0) is 0 Å². The van der Waals surface area contributed by atoms with Gasteiger partial charge in [0.25, 0.3) is 0 Å². The second-order valence-corrected chi connectivity index (χ2v) is 5.43. The van der Waals surface area contributed by atoms with Crippen molar-refractivity contribution in [1.29, 1.82) is 0 Å². The number of methoxy groups -OCH3 is 1. The summed E-state index contributed by atoms with van der Waals surface area (Å²) in [6.45, 7) is 0.0196. The third kappa shape index (κ3) is 3.78. The van der Waals surface area contributed by atoms with Gasteiger partial charge in [-0.25, -0.2) is 0 Å². The highest BCUT2D eigenvalue weighted by molar-refractivity contribution is 9.06. The van der Waals surface area contributed by atoms with Gasteiger partial charge in [0.05, 0.1) is 29.0 Å².